The maximum atomic E-state index is 10.7. The van der Waals surface area contributed by atoms with Gasteiger partial charge in [-0.1, -0.05) is 39.0 Å². The smallest absolute Gasteiger partial charge is 0.250 e. The largest absolute Gasteiger partial charge is 0.543 e. The van der Waals surface area contributed by atoms with E-state index in [1.54, 1.807) is 14.2 Å². The van der Waals surface area contributed by atoms with E-state index in [1.807, 2.05) is 42.5 Å². The average molecular weight is 403 g/mol. The van der Waals surface area contributed by atoms with Crippen molar-refractivity contribution in [2.45, 2.75) is 57.8 Å². The summed E-state index contributed by atoms with van der Waals surface area (Å²) in [6, 6.07) is 13.7. The van der Waals surface area contributed by atoms with Gasteiger partial charge in [0, 0.05) is 0 Å². The van der Waals surface area contributed by atoms with Crippen LogP contribution in [0.15, 0.2) is 42.5 Å². The first kappa shape index (κ1) is 22.3. The van der Waals surface area contributed by atoms with Gasteiger partial charge in [0.15, 0.2) is 11.5 Å². The van der Waals surface area contributed by atoms with Gasteiger partial charge in [-0.05, 0) is 66.4 Å². The summed E-state index contributed by atoms with van der Waals surface area (Å²) in [6.45, 7) is 11.1. The van der Waals surface area contributed by atoms with Gasteiger partial charge in [0.1, 0.15) is 5.75 Å². The predicted octanol–water partition coefficient (Wildman–Crippen LogP) is 5.75. The number of hydrogen-bond donors (Lipinski definition) is 1. The summed E-state index contributed by atoms with van der Waals surface area (Å²) >= 11 is 0. The highest BCUT2D eigenvalue weighted by Crippen LogP contribution is 2.38. The zero-order valence-electron chi connectivity index (χ0n) is 18.2. The van der Waals surface area contributed by atoms with Crippen molar-refractivity contribution in [2.24, 2.45) is 0 Å². The molecule has 0 aromatic heterocycles. The molecular formula is C23H34O4Si. The number of aryl methyl sites for hydroxylation is 1. The lowest BCUT2D eigenvalue weighted by Gasteiger charge is -2.36. The molecule has 0 aliphatic rings. The minimum absolute atomic E-state index is 0.134. The highest BCUT2D eigenvalue weighted by atomic mass is 28.4. The molecule has 0 aliphatic heterocycles. The topological polar surface area (TPSA) is 47.9 Å². The van der Waals surface area contributed by atoms with Crippen molar-refractivity contribution in [1.29, 1.82) is 0 Å². The minimum atomic E-state index is -1.90. The van der Waals surface area contributed by atoms with Crippen LogP contribution in [0.2, 0.25) is 18.1 Å². The Hall–Kier alpha value is -1.98. The Kier molecular flexibility index (Phi) is 7.18. The molecule has 0 saturated heterocycles. The van der Waals surface area contributed by atoms with E-state index in [9.17, 15) is 5.11 Å². The normalized spacial score (nSPS) is 13.1. The Balaban J connectivity index is 2.06. The molecule has 0 fully saturated rings. The Labute approximate surface area is 170 Å². The van der Waals surface area contributed by atoms with Gasteiger partial charge in [0.2, 0.25) is 8.32 Å². The average Bonchev–Trinajstić information content (AvgIpc) is 2.64. The molecule has 0 saturated carbocycles. The van der Waals surface area contributed by atoms with Crippen LogP contribution in [0.3, 0.4) is 0 Å². The van der Waals surface area contributed by atoms with E-state index < -0.39 is 14.4 Å². The fourth-order valence-electron chi connectivity index (χ4n) is 2.74. The van der Waals surface area contributed by atoms with Gasteiger partial charge in [-0.3, -0.25) is 0 Å². The van der Waals surface area contributed by atoms with Gasteiger partial charge in [-0.15, -0.1) is 0 Å². The maximum Gasteiger partial charge on any atom is 0.250 e. The van der Waals surface area contributed by atoms with Gasteiger partial charge in [-0.25, -0.2) is 0 Å². The van der Waals surface area contributed by atoms with Gasteiger partial charge < -0.3 is 19.0 Å². The summed E-state index contributed by atoms with van der Waals surface area (Å²) in [4.78, 5) is 0. The Morgan fingerprint density at radius 1 is 0.964 bits per heavy atom. The number of ether oxygens (including phenoxy) is 2. The first-order valence-electron chi connectivity index (χ1n) is 9.75. The van der Waals surface area contributed by atoms with Crippen LogP contribution in [0.4, 0.5) is 0 Å². The second kappa shape index (κ2) is 9.01. The summed E-state index contributed by atoms with van der Waals surface area (Å²) in [5, 5.41) is 10.8. The van der Waals surface area contributed by atoms with Crippen molar-refractivity contribution in [3.05, 3.63) is 53.6 Å². The van der Waals surface area contributed by atoms with Crippen LogP contribution in [0.5, 0.6) is 17.2 Å². The molecular weight excluding hydrogens is 368 g/mol. The Morgan fingerprint density at radius 2 is 1.64 bits per heavy atom. The highest BCUT2D eigenvalue weighted by Gasteiger charge is 2.39. The molecule has 0 aliphatic carbocycles. The van der Waals surface area contributed by atoms with E-state index in [4.69, 9.17) is 13.9 Å². The molecule has 0 amide bonds. The predicted molar refractivity (Wildman–Crippen MR) is 117 cm³/mol. The molecule has 4 nitrogen and oxygen atoms in total. The van der Waals surface area contributed by atoms with Crippen LogP contribution in [-0.2, 0) is 6.42 Å². The van der Waals surface area contributed by atoms with Crippen LogP contribution in [-0.4, -0.2) is 27.6 Å². The first-order chi connectivity index (χ1) is 13.1. The van der Waals surface area contributed by atoms with Gasteiger partial charge in [0.05, 0.1) is 20.3 Å². The summed E-state index contributed by atoms with van der Waals surface area (Å²) < 4.78 is 17.0. The molecule has 2 rings (SSSR count). The molecule has 0 heterocycles. The number of hydrogen-bond acceptors (Lipinski definition) is 4. The highest BCUT2D eigenvalue weighted by molar-refractivity contribution is 6.74. The van der Waals surface area contributed by atoms with Crippen molar-refractivity contribution >= 4 is 8.32 Å². The second-order valence-corrected chi connectivity index (χ2v) is 13.4. The third-order valence-corrected chi connectivity index (χ3v) is 9.93. The number of benzene rings is 2. The molecule has 0 bridgehead atoms. The van der Waals surface area contributed by atoms with Crippen molar-refractivity contribution in [1.82, 2.24) is 0 Å². The lowest BCUT2D eigenvalue weighted by Crippen LogP contribution is -2.43. The molecule has 154 valence electrons. The van der Waals surface area contributed by atoms with E-state index in [0.717, 1.165) is 23.3 Å². The first-order valence-corrected chi connectivity index (χ1v) is 12.7. The number of rotatable bonds is 8. The zero-order chi connectivity index (χ0) is 20.9. The fraction of sp³-hybridized carbons (Fsp3) is 0.478. The summed E-state index contributed by atoms with van der Waals surface area (Å²) in [7, 11) is 1.35. The van der Waals surface area contributed by atoms with E-state index in [1.165, 1.54) is 0 Å². The van der Waals surface area contributed by atoms with E-state index >= 15 is 0 Å². The Bertz CT molecular complexity index is 780. The van der Waals surface area contributed by atoms with Crippen LogP contribution < -0.4 is 13.9 Å². The second-order valence-electron chi connectivity index (χ2n) is 8.68. The zero-order valence-corrected chi connectivity index (χ0v) is 19.2. The minimum Gasteiger partial charge on any atom is -0.543 e. The molecule has 28 heavy (non-hydrogen) atoms. The molecule has 0 spiro atoms. The number of aliphatic hydroxyl groups is 1. The molecule has 1 atom stereocenters. The molecule has 0 radical (unpaired) electrons. The van der Waals surface area contributed by atoms with E-state index in [2.05, 4.69) is 33.9 Å². The van der Waals surface area contributed by atoms with Gasteiger partial charge in [0.25, 0.3) is 0 Å². The van der Waals surface area contributed by atoms with Crippen LogP contribution in [0.1, 0.15) is 44.4 Å². The fourth-order valence-corrected chi connectivity index (χ4v) is 3.76. The SMILES string of the molecule is COc1ccc(CC[C@H](O)c2cccc(O[Si](C)(C)C(C)(C)C)c2)cc1OC. The van der Waals surface area contributed by atoms with Crippen LogP contribution in [0.25, 0.3) is 0 Å². The van der Waals surface area contributed by atoms with E-state index in [0.29, 0.717) is 17.9 Å². The van der Waals surface area contributed by atoms with Gasteiger partial charge in [-0.2, -0.15) is 0 Å². The van der Waals surface area contributed by atoms with Crippen molar-refractivity contribution < 1.29 is 19.0 Å². The standard InChI is InChI=1S/C23H34O4Si/c1-23(2,3)28(6,7)27-19-10-8-9-18(16-19)20(24)13-11-17-12-14-21(25-4)22(15-17)26-5/h8-10,12,14-16,20,24H,11,13H2,1-7H3/t20-/m0/s1. The summed E-state index contributed by atoms with van der Waals surface area (Å²) in [6.07, 6.45) is 0.824. The summed E-state index contributed by atoms with van der Waals surface area (Å²) in [5.74, 6) is 2.26. The number of aliphatic hydroxyl groups excluding tert-OH is 1. The van der Waals surface area contributed by atoms with Crippen molar-refractivity contribution in [2.75, 3.05) is 14.2 Å². The van der Waals surface area contributed by atoms with E-state index in [-0.39, 0.29) is 5.04 Å². The molecule has 0 unspecified atom stereocenters. The summed E-state index contributed by atoms with van der Waals surface area (Å²) in [5.41, 5.74) is 1.99. The third-order valence-electron chi connectivity index (χ3n) is 5.58. The molecule has 1 N–H and O–H groups in total. The Morgan fingerprint density at radius 3 is 2.25 bits per heavy atom. The van der Waals surface area contributed by atoms with Crippen LogP contribution in [0, 0.1) is 0 Å². The quantitative estimate of drug-likeness (QED) is 0.571. The van der Waals surface area contributed by atoms with Crippen molar-refractivity contribution in [3.8, 4) is 17.2 Å². The van der Waals surface area contributed by atoms with Crippen molar-refractivity contribution in [3.63, 3.8) is 0 Å². The molecule has 5 heteroatoms. The molecule has 2 aromatic carbocycles. The lowest BCUT2D eigenvalue weighted by atomic mass is 10.0. The number of methoxy groups -OCH3 is 2. The maximum absolute atomic E-state index is 10.7. The van der Waals surface area contributed by atoms with Gasteiger partial charge >= 0.3 is 0 Å². The third kappa shape index (κ3) is 5.52. The van der Waals surface area contributed by atoms with Crippen LogP contribution >= 0.6 is 0 Å². The molecule has 2 aromatic rings. The lowest BCUT2D eigenvalue weighted by molar-refractivity contribution is 0.167. The monoisotopic (exact) mass is 402 g/mol.